The SMILES string of the molecule is COc1ccc(-c2c(C#N)c(N)n(-c3ccc(-n4c(N)c(C#N)c(-c5ccc(OC)cc5)c(C#N)c4=O)cc3)c(=O)c2C#N)cc1. The molecule has 2 heterocycles. The molecule has 0 bridgehead atoms. The molecule has 222 valence electrons. The highest BCUT2D eigenvalue weighted by Gasteiger charge is 2.25. The van der Waals surface area contributed by atoms with Crippen molar-refractivity contribution in [2.24, 2.45) is 0 Å². The normalized spacial score (nSPS) is 10.2. The highest BCUT2D eigenvalue weighted by atomic mass is 16.5. The maximum Gasteiger partial charge on any atom is 0.275 e. The molecule has 0 amide bonds. The molecule has 0 saturated carbocycles. The zero-order chi connectivity index (χ0) is 33.1. The number of pyridine rings is 2. The Labute approximate surface area is 262 Å². The first-order valence-corrected chi connectivity index (χ1v) is 13.4. The van der Waals surface area contributed by atoms with E-state index in [1.807, 2.05) is 24.3 Å². The van der Waals surface area contributed by atoms with Gasteiger partial charge in [0.15, 0.2) is 0 Å². The van der Waals surface area contributed by atoms with E-state index in [2.05, 4.69) is 0 Å². The standard InChI is InChI=1S/C34H22N8O4/c1-45-23-11-3-19(4-12-23)29-25(15-35)31(39)41(33(43)27(29)17-37)21-7-9-22(10-8-21)42-32(40)26(16-36)30(28(18-38)34(42)44)20-5-13-24(46-2)14-6-20/h3-14H,39-40H2,1-2H3. The molecule has 0 unspecified atom stereocenters. The van der Waals surface area contributed by atoms with Crippen molar-refractivity contribution in [3.8, 4) is 69.4 Å². The molecule has 12 nitrogen and oxygen atoms in total. The Morgan fingerprint density at radius 2 is 0.826 bits per heavy atom. The predicted molar refractivity (Wildman–Crippen MR) is 169 cm³/mol. The third-order valence-corrected chi connectivity index (χ3v) is 7.40. The Balaban J connectivity index is 1.67. The molecule has 0 saturated heterocycles. The number of rotatable bonds is 6. The summed E-state index contributed by atoms with van der Waals surface area (Å²) in [6.07, 6.45) is 0. The lowest BCUT2D eigenvalue weighted by Gasteiger charge is -2.18. The quantitative estimate of drug-likeness (QED) is 0.284. The summed E-state index contributed by atoms with van der Waals surface area (Å²) in [5.41, 5.74) is 11.8. The molecule has 12 heteroatoms. The fourth-order valence-corrected chi connectivity index (χ4v) is 5.18. The summed E-state index contributed by atoms with van der Waals surface area (Å²) >= 11 is 0. The van der Waals surface area contributed by atoms with Crippen LogP contribution in [0.1, 0.15) is 22.3 Å². The van der Waals surface area contributed by atoms with Gasteiger partial charge < -0.3 is 20.9 Å². The summed E-state index contributed by atoms with van der Waals surface area (Å²) in [6, 6.07) is 26.5. The maximum atomic E-state index is 13.6. The van der Waals surface area contributed by atoms with Gasteiger partial charge in [-0.3, -0.25) is 18.7 Å². The second-order valence-electron chi connectivity index (χ2n) is 9.72. The number of nitrogen functional groups attached to an aromatic ring is 2. The number of methoxy groups -OCH3 is 2. The van der Waals surface area contributed by atoms with E-state index in [0.717, 1.165) is 9.13 Å². The van der Waals surface area contributed by atoms with Crippen molar-refractivity contribution >= 4 is 11.6 Å². The van der Waals surface area contributed by atoms with Crippen molar-refractivity contribution in [2.75, 3.05) is 25.7 Å². The average molecular weight is 607 g/mol. The number of nitrogens with two attached hydrogens (primary N) is 2. The first-order chi connectivity index (χ1) is 22.2. The lowest BCUT2D eigenvalue weighted by atomic mass is 9.96. The van der Waals surface area contributed by atoms with Gasteiger partial charge in [0.2, 0.25) is 0 Å². The summed E-state index contributed by atoms with van der Waals surface area (Å²) in [7, 11) is 2.99. The summed E-state index contributed by atoms with van der Waals surface area (Å²) in [5.74, 6) is 0.676. The molecule has 0 aliphatic heterocycles. The monoisotopic (exact) mass is 606 g/mol. The molecule has 46 heavy (non-hydrogen) atoms. The van der Waals surface area contributed by atoms with E-state index in [1.165, 1.54) is 38.5 Å². The van der Waals surface area contributed by atoms with Gasteiger partial charge in [0.05, 0.1) is 25.6 Å². The average Bonchev–Trinajstić information content (AvgIpc) is 3.08. The molecule has 0 spiro atoms. The van der Waals surface area contributed by atoms with E-state index in [4.69, 9.17) is 20.9 Å². The molecular formula is C34H22N8O4. The minimum absolute atomic E-state index is 0.0858. The van der Waals surface area contributed by atoms with Crippen LogP contribution in [0.3, 0.4) is 0 Å². The number of hydrogen-bond acceptors (Lipinski definition) is 10. The molecule has 0 fully saturated rings. The highest BCUT2D eigenvalue weighted by Crippen LogP contribution is 2.33. The maximum absolute atomic E-state index is 13.6. The van der Waals surface area contributed by atoms with Gasteiger partial charge >= 0.3 is 0 Å². The van der Waals surface area contributed by atoms with Gasteiger partial charge in [0, 0.05) is 11.1 Å². The number of nitriles is 4. The first kappa shape index (κ1) is 30.2. The Morgan fingerprint density at radius 3 is 1.09 bits per heavy atom. The molecule has 5 aromatic rings. The first-order valence-electron chi connectivity index (χ1n) is 13.4. The summed E-state index contributed by atoms with van der Waals surface area (Å²) < 4.78 is 12.4. The zero-order valence-corrected chi connectivity index (χ0v) is 24.4. The third kappa shape index (κ3) is 4.81. The lowest BCUT2D eigenvalue weighted by molar-refractivity contribution is 0.415. The van der Waals surface area contributed by atoms with Gasteiger partial charge in [0.25, 0.3) is 11.1 Å². The van der Waals surface area contributed by atoms with Crippen LogP contribution in [0.2, 0.25) is 0 Å². The molecule has 5 rings (SSSR count). The van der Waals surface area contributed by atoms with E-state index in [1.54, 1.807) is 48.5 Å². The summed E-state index contributed by atoms with van der Waals surface area (Å²) in [5, 5.41) is 40.0. The molecular weight excluding hydrogens is 584 g/mol. The minimum Gasteiger partial charge on any atom is -0.497 e. The molecule has 0 aliphatic rings. The highest BCUT2D eigenvalue weighted by molar-refractivity contribution is 5.83. The number of hydrogen-bond donors (Lipinski definition) is 2. The number of anilines is 2. The van der Waals surface area contributed by atoms with Gasteiger partial charge in [-0.05, 0) is 59.7 Å². The van der Waals surface area contributed by atoms with Gasteiger partial charge in [-0.1, -0.05) is 24.3 Å². The molecule has 0 atom stereocenters. The second-order valence-corrected chi connectivity index (χ2v) is 9.72. The van der Waals surface area contributed by atoms with Crippen LogP contribution in [0.5, 0.6) is 11.5 Å². The second kappa shape index (κ2) is 12.1. The smallest absolute Gasteiger partial charge is 0.275 e. The molecule has 0 radical (unpaired) electrons. The number of nitrogens with zero attached hydrogens (tertiary/aromatic N) is 6. The van der Waals surface area contributed by atoms with Crippen LogP contribution in [0.15, 0.2) is 82.4 Å². The van der Waals surface area contributed by atoms with Crippen molar-refractivity contribution < 1.29 is 9.47 Å². The van der Waals surface area contributed by atoms with E-state index in [0.29, 0.717) is 22.6 Å². The van der Waals surface area contributed by atoms with Crippen LogP contribution < -0.4 is 32.1 Å². The van der Waals surface area contributed by atoms with Gasteiger partial charge in [0.1, 0.15) is 69.7 Å². The minimum atomic E-state index is -0.767. The third-order valence-electron chi connectivity index (χ3n) is 7.40. The summed E-state index contributed by atoms with van der Waals surface area (Å²) in [4.78, 5) is 27.2. The van der Waals surface area contributed by atoms with E-state index in [9.17, 15) is 30.6 Å². The van der Waals surface area contributed by atoms with E-state index >= 15 is 0 Å². The van der Waals surface area contributed by atoms with Gasteiger partial charge in [-0.25, -0.2) is 0 Å². The topological polar surface area (TPSA) is 210 Å². The molecule has 3 aromatic carbocycles. The Kier molecular flexibility index (Phi) is 7.97. The van der Waals surface area contributed by atoms with E-state index < -0.39 is 11.1 Å². The van der Waals surface area contributed by atoms with Crippen molar-refractivity contribution in [1.82, 2.24) is 9.13 Å². The van der Waals surface area contributed by atoms with Crippen LogP contribution in [-0.2, 0) is 0 Å². The van der Waals surface area contributed by atoms with Crippen molar-refractivity contribution in [3.05, 3.63) is 116 Å². The largest absolute Gasteiger partial charge is 0.497 e. The number of ether oxygens (including phenoxy) is 2. The van der Waals surface area contributed by atoms with Gasteiger partial charge in [-0.15, -0.1) is 0 Å². The zero-order valence-electron chi connectivity index (χ0n) is 24.4. The fourth-order valence-electron chi connectivity index (χ4n) is 5.18. The van der Waals surface area contributed by atoms with Gasteiger partial charge in [-0.2, -0.15) is 21.0 Å². The molecule has 4 N–H and O–H groups in total. The Morgan fingerprint density at radius 1 is 0.522 bits per heavy atom. The van der Waals surface area contributed by atoms with Crippen LogP contribution in [-0.4, -0.2) is 23.4 Å². The van der Waals surface area contributed by atoms with Crippen molar-refractivity contribution in [2.45, 2.75) is 0 Å². The van der Waals surface area contributed by atoms with Crippen LogP contribution in [0.25, 0.3) is 33.6 Å². The summed E-state index contributed by atoms with van der Waals surface area (Å²) in [6.45, 7) is 0. The van der Waals surface area contributed by atoms with E-state index in [-0.39, 0.29) is 56.4 Å². The lowest BCUT2D eigenvalue weighted by Crippen LogP contribution is -2.27. The Hall–Kier alpha value is -7.28. The van der Waals surface area contributed by atoms with Crippen molar-refractivity contribution in [3.63, 3.8) is 0 Å². The fraction of sp³-hybridized carbons (Fsp3) is 0.0588. The Bertz CT molecular complexity index is 2140. The predicted octanol–water partition coefficient (Wildman–Crippen LogP) is 3.99. The van der Waals surface area contributed by atoms with Crippen LogP contribution in [0, 0.1) is 45.3 Å². The molecule has 2 aromatic heterocycles. The number of aromatic nitrogens is 2. The number of benzene rings is 3. The molecule has 0 aliphatic carbocycles. The van der Waals surface area contributed by atoms with Crippen molar-refractivity contribution in [1.29, 1.82) is 21.0 Å². The van der Waals surface area contributed by atoms with Crippen LogP contribution >= 0.6 is 0 Å². The van der Waals surface area contributed by atoms with Crippen LogP contribution in [0.4, 0.5) is 11.6 Å².